The van der Waals surface area contributed by atoms with Crippen LogP contribution in [-0.4, -0.2) is 28.3 Å². The van der Waals surface area contributed by atoms with Crippen molar-refractivity contribution in [1.29, 1.82) is 0 Å². The molecular weight excluding hydrogens is 316 g/mol. The van der Waals surface area contributed by atoms with Crippen LogP contribution in [-0.2, 0) is 13.9 Å². The summed E-state index contributed by atoms with van der Waals surface area (Å²) < 4.78 is 17.6. The smallest absolute Gasteiger partial charge is 0.276 e. The first kappa shape index (κ1) is 19.2. The van der Waals surface area contributed by atoms with Gasteiger partial charge in [0.2, 0.25) is 0 Å². The molecule has 1 aromatic rings. The van der Waals surface area contributed by atoms with E-state index in [1.54, 1.807) is 7.11 Å². The number of hydrogen-bond donors (Lipinski definition) is 0. The number of benzene rings is 1. The predicted molar refractivity (Wildman–Crippen MR) is 102 cm³/mol. The predicted octanol–water partition coefficient (Wildman–Crippen LogP) is 4.59. The number of rotatable bonds is 6. The Morgan fingerprint density at radius 2 is 1.79 bits per heavy atom. The number of hydrogen-bond acceptors (Lipinski definition) is 3. The maximum Gasteiger partial charge on any atom is 0.276 e. The molecule has 0 unspecified atom stereocenters. The summed E-state index contributed by atoms with van der Waals surface area (Å²) in [5.74, 6) is 1.74. The van der Waals surface area contributed by atoms with Crippen LogP contribution in [0.15, 0.2) is 41.7 Å². The number of ether oxygens (including phenoxy) is 2. The summed E-state index contributed by atoms with van der Waals surface area (Å²) in [5.41, 5.74) is 1.38. The average molecular weight is 349 g/mol. The monoisotopic (exact) mass is 348 g/mol. The molecule has 0 spiro atoms. The lowest BCUT2D eigenvalue weighted by Gasteiger charge is -2.32. The van der Waals surface area contributed by atoms with Gasteiger partial charge in [-0.15, -0.1) is 0 Å². The molecule has 1 aromatic carbocycles. The fraction of sp³-hybridized carbons (Fsp3) is 0.600. The molecule has 0 N–H and O–H groups in total. The molecule has 0 bridgehead atoms. The summed E-state index contributed by atoms with van der Waals surface area (Å²) in [6.45, 7) is 9.45. The van der Waals surface area contributed by atoms with Crippen LogP contribution in [0.4, 0.5) is 0 Å². The molecule has 0 amide bonds. The lowest BCUT2D eigenvalue weighted by atomic mass is 9.90. The average Bonchev–Trinajstić information content (AvgIpc) is 2.58. The third-order valence-electron chi connectivity index (χ3n) is 4.99. The Morgan fingerprint density at radius 3 is 2.46 bits per heavy atom. The second-order valence-electron chi connectivity index (χ2n) is 7.35. The molecule has 0 aromatic heterocycles. The zero-order valence-electron chi connectivity index (χ0n) is 15.8. The SMILES string of the molecule is COCO[C@H]1CC/C(C)=C(/O[Si](C)(C)c2ccccc2)CC[C@@H]1C. The van der Waals surface area contributed by atoms with Crippen molar-refractivity contribution in [1.82, 2.24) is 0 Å². The standard InChI is InChI=1S/C20H32O3Si/c1-16-12-14-20(17(2)11-13-19(16)22-15-21-3)23-24(4,5)18-9-7-6-8-10-18/h6-10,16,19H,11-15H2,1-5H3/b20-17+/t16-,19-/m0/s1. The van der Waals surface area contributed by atoms with Gasteiger partial charge in [-0.25, -0.2) is 0 Å². The molecule has 0 aliphatic heterocycles. The first-order valence-electron chi connectivity index (χ1n) is 8.97. The zero-order chi connectivity index (χ0) is 17.6. The molecule has 0 radical (unpaired) electrons. The Balaban J connectivity index is 2.08. The molecule has 0 fully saturated rings. The summed E-state index contributed by atoms with van der Waals surface area (Å²) in [6, 6.07) is 10.7. The van der Waals surface area contributed by atoms with Gasteiger partial charge in [0.1, 0.15) is 6.79 Å². The topological polar surface area (TPSA) is 27.7 Å². The van der Waals surface area contributed by atoms with Crippen LogP contribution in [0.2, 0.25) is 13.1 Å². The van der Waals surface area contributed by atoms with Crippen LogP contribution in [0, 0.1) is 5.92 Å². The van der Waals surface area contributed by atoms with Gasteiger partial charge in [-0.3, -0.25) is 0 Å². The Morgan fingerprint density at radius 1 is 1.08 bits per heavy atom. The lowest BCUT2D eigenvalue weighted by molar-refractivity contribution is -0.0929. The van der Waals surface area contributed by atoms with Crippen LogP contribution < -0.4 is 5.19 Å². The van der Waals surface area contributed by atoms with Gasteiger partial charge < -0.3 is 13.9 Å². The van der Waals surface area contributed by atoms with Crippen molar-refractivity contribution in [3.05, 3.63) is 41.7 Å². The van der Waals surface area contributed by atoms with E-state index in [0.29, 0.717) is 12.7 Å². The highest BCUT2D eigenvalue weighted by Gasteiger charge is 2.30. The van der Waals surface area contributed by atoms with E-state index >= 15 is 0 Å². The Hall–Kier alpha value is -1.10. The molecule has 0 heterocycles. The van der Waals surface area contributed by atoms with Crippen molar-refractivity contribution in [2.24, 2.45) is 5.92 Å². The van der Waals surface area contributed by atoms with E-state index in [1.165, 1.54) is 16.5 Å². The van der Waals surface area contributed by atoms with Gasteiger partial charge in [-0.2, -0.15) is 0 Å². The Labute approximate surface area is 148 Å². The molecule has 0 saturated heterocycles. The molecule has 2 rings (SSSR count). The van der Waals surface area contributed by atoms with Crippen LogP contribution in [0.3, 0.4) is 0 Å². The zero-order valence-corrected chi connectivity index (χ0v) is 16.8. The van der Waals surface area contributed by atoms with Gasteiger partial charge in [0.15, 0.2) is 0 Å². The van der Waals surface area contributed by atoms with E-state index in [1.807, 2.05) is 0 Å². The van der Waals surface area contributed by atoms with Gasteiger partial charge >= 0.3 is 0 Å². The molecule has 134 valence electrons. The van der Waals surface area contributed by atoms with Gasteiger partial charge in [0.25, 0.3) is 8.32 Å². The van der Waals surface area contributed by atoms with Crippen LogP contribution in [0.25, 0.3) is 0 Å². The second-order valence-corrected chi connectivity index (χ2v) is 11.2. The van der Waals surface area contributed by atoms with Crippen molar-refractivity contribution in [2.75, 3.05) is 13.9 Å². The van der Waals surface area contributed by atoms with Crippen molar-refractivity contribution < 1.29 is 13.9 Å². The van der Waals surface area contributed by atoms with Gasteiger partial charge in [0.05, 0.1) is 11.9 Å². The summed E-state index contributed by atoms with van der Waals surface area (Å²) in [5, 5.41) is 1.35. The van der Waals surface area contributed by atoms with E-state index in [2.05, 4.69) is 57.3 Å². The van der Waals surface area contributed by atoms with Crippen molar-refractivity contribution in [3.63, 3.8) is 0 Å². The van der Waals surface area contributed by atoms with Gasteiger partial charge in [-0.05, 0) is 56.0 Å². The first-order valence-corrected chi connectivity index (χ1v) is 11.9. The molecular formula is C20H32O3Si. The minimum atomic E-state index is -1.92. The molecule has 2 atom stereocenters. The van der Waals surface area contributed by atoms with E-state index < -0.39 is 8.32 Å². The summed E-state index contributed by atoms with van der Waals surface area (Å²) >= 11 is 0. The molecule has 0 saturated carbocycles. The second kappa shape index (κ2) is 8.84. The first-order chi connectivity index (χ1) is 11.4. The summed E-state index contributed by atoms with van der Waals surface area (Å²) in [4.78, 5) is 0. The van der Waals surface area contributed by atoms with E-state index in [-0.39, 0.29) is 6.10 Å². The number of methoxy groups -OCH3 is 1. The summed E-state index contributed by atoms with van der Waals surface area (Å²) in [6.07, 6.45) is 4.45. The largest absolute Gasteiger partial charge is 0.543 e. The highest BCUT2D eigenvalue weighted by atomic mass is 28.4. The van der Waals surface area contributed by atoms with Gasteiger partial charge in [-0.1, -0.05) is 37.3 Å². The van der Waals surface area contributed by atoms with E-state index in [0.717, 1.165) is 25.7 Å². The molecule has 1 aliphatic carbocycles. The quantitative estimate of drug-likeness (QED) is 0.556. The maximum atomic E-state index is 6.63. The Kier molecular flexibility index (Phi) is 7.08. The lowest BCUT2D eigenvalue weighted by Crippen LogP contribution is -2.44. The van der Waals surface area contributed by atoms with Crippen molar-refractivity contribution >= 4 is 13.5 Å². The third-order valence-corrected chi connectivity index (χ3v) is 7.47. The van der Waals surface area contributed by atoms with Crippen molar-refractivity contribution in [3.8, 4) is 0 Å². The minimum absolute atomic E-state index is 0.279. The highest BCUT2D eigenvalue weighted by Crippen LogP contribution is 2.30. The van der Waals surface area contributed by atoms with Crippen LogP contribution in [0.5, 0.6) is 0 Å². The fourth-order valence-corrected chi connectivity index (χ4v) is 5.29. The van der Waals surface area contributed by atoms with E-state index in [4.69, 9.17) is 13.9 Å². The molecule has 24 heavy (non-hydrogen) atoms. The molecule has 3 nitrogen and oxygen atoms in total. The Bertz CT molecular complexity index is 539. The highest BCUT2D eigenvalue weighted by molar-refractivity contribution is 6.84. The van der Waals surface area contributed by atoms with Crippen LogP contribution in [0.1, 0.15) is 39.5 Å². The normalized spacial score (nSPS) is 25.9. The van der Waals surface area contributed by atoms with Crippen molar-refractivity contribution in [2.45, 2.75) is 58.7 Å². The summed E-state index contributed by atoms with van der Waals surface area (Å²) in [7, 11) is -0.235. The van der Waals surface area contributed by atoms with Gasteiger partial charge in [0, 0.05) is 13.5 Å². The van der Waals surface area contributed by atoms with E-state index in [9.17, 15) is 0 Å². The van der Waals surface area contributed by atoms with Crippen LogP contribution >= 0.6 is 0 Å². The molecule has 1 aliphatic rings. The molecule has 4 heteroatoms. The third kappa shape index (κ3) is 5.20. The number of allylic oxidation sites excluding steroid dienone is 2. The maximum absolute atomic E-state index is 6.63. The minimum Gasteiger partial charge on any atom is -0.543 e. The fourth-order valence-electron chi connectivity index (χ4n) is 3.29.